The van der Waals surface area contributed by atoms with Crippen LogP contribution in [0.5, 0.6) is 5.75 Å². The highest BCUT2D eigenvalue weighted by Gasteiger charge is 2.17. The topological polar surface area (TPSA) is 69.3 Å². The lowest BCUT2D eigenvalue weighted by Crippen LogP contribution is -2.12. The zero-order valence-corrected chi connectivity index (χ0v) is 22.3. The lowest BCUT2D eigenvalue weighted by molar-refractivity contribution is 0.0992. The summed E-state index contributed by atoms with van der Waals surface area (Å²) in [7, 11) is 0. The van der Waals surface area contributed by atoms with Gasteiger partial charge in [0.1, 0.15) is 12.4 Å². The molecule has 0 saturated carbocycles. The summed E-state index contributed by atoms with van der Waals surface area (Å²) in [6.45, 7) is 0.444. The van der Waals surface area contributed by atoms with Crippen LogP contribution in [0.25, 0.3) is 0 Å². The number of furan rings is 1. The van der Waals surface area contributed by atoms with Crippen LogP contribution in [0, 0.1) is 0 Å². The Morgan fingerprint density at radius 2 is 1.74 bits per heavy atom. The molecule has 0 bridgehead atoms. The van der Waals surface area contributed by atoms with Crippen LogP contribution < -0.4 is 10.1 Å². The quantitative estimate of drug-likeness (QED) is 0.224. The van der Waals surface area contributed by atoms with Crippen LogP contribution in [-0.4, -0.2) is 15.7 Å². The molecule has 2 aromatic heterocycles. The van der Waals surface area contributed by atoms with E-state index in [1.807, 2.05) is 6.07 Å². The van der Waals surface area contributed by atoms with Crippen molar-refractivity contribution in [2.75, 3.05) is 5.32 Å². The zero-order chi connectivity index (χ0) is 24.4. The molecule has 0 atom stereocenters. The maximum absolute atomic E-state index is 12.6. The maximum Gasteiger partial charge on any atom is 0.292 e. The van der Waals surface area contributed by atoms with Crippen LogP contribution >= 0.6 is 73.9 Å². The normalized spacial score (nSPS) is 11.0. The van der Waals surface area contributed by atoms with E-state index in [0.29, 0.717) is 37.7 Å². The number of ether oxygens (including phenoxy) is 1. The van der Waals surface area contributed by atoms with Gasteiger partial charge in [0.25, 0.3) is 5.91 Å². The minimum Gasteiger partial charge on any atom is -0.483 e. The number of aromatic nitrogens is 2. The summed E-state index contributed by atoms with van der Waals surface area (Å²) in [6.07, 6.45) is 1.74. The van der Waals surface area contributed by atoms with Gasteiger partial charge in [-0.25, -0.2) is 0 Å². The number of benzene rings is 2. The Morgan fingerprint density at radius 3 is 2.44 bits per heavy atom. The lowest BCUT2D eigenvalue weighted by Gasteiger charge is -2.09. The molecule has 0 aliphatic heterocycles. The molecule has 4 aromatic rings. The van der Waals surface area contributed by atoms with E-state index in [-0.39, 0.29) is 28.2 Å². The molecular formula is C22H13BrCl5N3O3. The molecule has 0 radical (unpaired) electrons. The number of hydrogen-bond donors (Lipinski definition) is 1. The van der Waals surface area contributed by atoms with Gasteiger partial charge in [0.15, 0.2) is 17.3 Å². The first kappa shape index (κ1) is 25.2. The first-order valence-electron chi connectivity index (χ1n) is 9.54. The fourth-order valence-electron chi connectivity index (χ4n) is 2.94. The van der Waals surface area contributed by atoms with E-state index >= 15 is 0 Å². The van der Waals surface area contributed by atoms with Crippen LogP contribution in [0.4, 0.5) is 5.82 Å². The molecule has 0 spiro atoms. The van der Waals surface area contributed by atoms with Gasteiger partial charge in [-0.15, -0.1) is 0 Å². The van der Waals surface area contributed by atoms with Crippen molar-refractivity contribution in [2.45, 2.75) is 13.2 Å². The average Bonchev–Trinajstić information content (AvgIpc) is 3.37. The molecule has 0 aliphatic carbocycles. The second-order valence-corrected chi connectivity index (χ2v) is 9.90. The van der Waals surface area contributed by atoms with E-state index in [9.17, 15) is 4.79 Å². The first-order chi connectivity index (χ1) is 16.2. The van der Waals surface area contributed by atoms with Gasteiger partial charge in [0, 0.05) is 11.2 Å². The van der Waals surface area contributed by atoms with Crippen molar-refractivity contribution < 1.29 is 13.9 Å². The highest BCUT2D eigenvalue weighted by Crippen LogP contribution is 2.36. The largest absolute Gasteiger partial charge is 0.483 e. The molecule has 34 heavy (non-hydrogen) atoms. The van der Waals surface area contributed by atoms with Crippen LogP contribution in [-0.2, 0) is 13.2 Å². The van der Waals surface area contributed by atoms with Crippen LogP contribution in [0.2, 0.25) is 25.1 Å². The molecule has 2 aromatic carbocycles. The summed E-state index contributed by atoms with van der Waals surface area (Å²) in [5, 5.41) is 8.95. The molecular weight excluding hydrogens is 611 g/mol. The fraction of sp³-hybridized carbons (Fsp3) is 0.0909. The van der Waals surface area contributed by atoms with E-state index in [2.05, 4.69) is 26.3 Å². The Hall–Kier alpha value is -1.87. The van der Waals surface area contributed by atoms with Crippen molar-refractivity contribution in [3.05, 3.63) is 95.3 Å². The van der Waals surface area contributed by atoms with Gasteiger partial charge >= 0.3 is 0 Å². The molecule has 12 heteroatoms. The van der Waals surface area contributed by atoms with Crippen LogP contribution in [0.1, 0.15) is 21.9 Å². The maximum atomic E-state index is 12.6. The number of rotatable bonds is 7. The van der Waals surface area contributed by atoms with Gasteiger partial charge < -0.3 is 14.5 Å². The highest BCUT2D eigenvalue weighted by atomic mass is 79.9. The molecule has 0 fully saturated rings. The Balaban J connectivity index is 1.39. The van der Waals surface area contributed by atoms with Crippen LogP contribution in [0.15, 0.2) is 57.6 Å². The summed E-state index contributed by atoms with van der Waals surface area (Å²) in [6, 6.07) is 11.5. The standard InChI is InChI=1S/C22H13BrCl5N3O3/c23-14-9-31(8-11-1-3-15(25)16(26)5-11)30-21(14)29-22(32)19-4-2-13(34-19)10-33-20-17(27)6-12(24)7-18(20)28/h1-7,9H,8,10H2,(H,29,30,32). The van der Waals surface area contributed by atoms with Gasteiger partial charge in [-0.3, -0.25) is 9.48 Å². The second-order valence-electron chi connectivity index (χ2n) is 6.98. The van der Waals surface area contributed by atoms with E-state index < -0.39 is 5.91 Å². The minimum absolute atomic E-state index is 0.0102. The zero-order valence-electron chi connectivity index (χ0n) is 16.9. The van der Waals surface area contributed by atoms with E-state index in [1.54, 1.807) is 29.1 Å². The summed E-state index contributed by atoms with van der Waals surface area (Å²) in [5.74, 6) is 0.606. The second kappa shape index (κ2) is 10.8. The van der Waals surface area contributed by atoms with Crippen molar-refractivity contribution in [1.82, 2.24) is 9.78 Å². The summed E-state index contributed by atoms with van der Waals surface area (Å²) >= 11 is 33.6. The third kappa shape index (κ3) is 6.03. The fourth-order valence-corrected chi connectivity index (χ4v) is 4.61. The molecule has 6 nitrogen and oxygen atoms in total. The third-order valence-electron chi connectivity index (χ3n) is 4.48. The van der Waals surface area contributed by atoms with Crippen molar-refractivity contribution in [1.29, 1.82) is 0 Å². The Labute approximate surface area is 227 Å². The number of carbonyl (C=O) groups is 1. The molecule has 1 N–H and O–H groups in total. The van der Waals surface area contributed by atoms with Crippen molar-refractivity contribution in [3.8, 4) is 5.75 Å². The van der Waals surface area contributed by atoms with Crippen LogP contribution in [0.3, 0.4) is 0 Å². The van der Waals surface area contributed by atoms with Gasteiger partial charge in [-0.1, -0.05) is 64.1 Å². The molecule has 1 amide bonds. The summed E-state index contributed by atoms with van der Waals surface area (Å²) in [4.78, 5) is 12.6. The third-order valence-corrected chi connectivity index (χ3v) is 6.58. The predicted molar refractivity (Wildman–Crippen MR) is 138 cm³/mol. The monoisotopic (exact) mass is 621 g/mol. The molecule has 0 aliphatic rings. The van der Waals surface area contributed by atoms with Gasteiger partial charge in [-0.05, 0) is 57.9 Å². The minimum atomic E-state index is -0.478. The van der Waals surface area contributed by atoms with Crippen molar-refractivity contribution in [2.24, 2.45) is 0 Å². The van der Waals surface area contributed by atoms with E-state index in [4.69, 9.17) is 67.2 Å². The van der Waals surface area contributed by atoms with Gasteiger partial charge in [0.2, 0.25) is 0 Å². The Bertz CT molecular complexity index is 1350. The highest BCUT2D eigenvalue weighted by molar-refractivity contribution is 9.10. The van der Waals surface area contributed by atoms with Crippen molar-refractivity contribution in [3.63, 3.8) is 0 Å². The number of hydrogen-bond acceptors (Lipinski definition) is 4. The molecule has 2 heterocycles. The number of carbonyl (C=O) groups excluding carboxylic acids is 1. The van der Waals surface area contributed by atoms with Gasteiger partial charge in [-0.2, -0.15) is 5.10 Å². The SMILES string of the molecule is O=C(Nc1nn(Cc2ccc(Cl)c(Cl)c2)cc1Br)c1ccc(COc2c(Cl)cc(Cl)cc2Cl)o1. The number of nitrogens with one attached hydrogen (secondary N) is 1. The Morgan fingerprint density at radius 1 is 1.00 bits per heavy atom. The predicted octanol–water partition coefficient (Wildman–Crippen LogP) is 8.39. The summed E-state index contributed by atoms with van der Waals surface area (Å²) in [5.41, 5.74) is 0.902. The molecule has 176 valence electrons. The number of nitrogens with zero attached hydrogens (tertiary/aromatic N) is 2. The Kier molecular flexibility index (Phi) is 8.02. The molecule has 4 rings (SSSR count). The number of amides is 1. The number of anilines is 1. The first-order valence-corrected chi connectivity index (χ1v) is 12.2. The number of halogens is 6. The van der Waals surface area contributed by atoms with Crippen molar-refractivity contribution >= 4 is 85.7 Å². The lowest BCUT2D eigenvalue weighted by atomic mass is 10.2. The van der Waals surface area contributed by atoms with E-state index in [1.165, 1.54) is 18.2 Å². The molecule has 0 unspecified atom stereocenters. The molecule has 0 saturated heterocycles. The average molecular weight is 625 g/mol. The van der Waals surface area contributed by atoms with Gasteiger partial charge in [0.05, 0.1) is 31.1 Å². The smallest absolute Gasteiger partial charge is 0.292 e. The summed E-state index contributed by atoms with van der Waals surface area (Å²) < 4.78 is 13.5. The van der Waals surface area contributed by atoms with E-state index in [0.717, 1.165) is 5.56 Å².